The molecule has 3 atom stereocenters. The number of halogens is 1. The van der Waals surface area contributed by atoms with E-state index in [2.05, 4.69) is 26.5 Å². The van der Waals surface area contributed by atoms with E-state index in [1.807, 2.05) is 49.7 Å². The lowest BCUT2D eigenvalue weighted by Crippen LogP contribution is -2.56. The molecule has 1 spiro atoms. The first-order valence-electron chi connectivity index (χ1n) is 14.7. The summed E-state index contributed by atoms with van der Waals surface area (Å²) in [6.07, 6.45) is 8.82. The van der Waals surface area contributed by atoms with Gasteiger partial charge in [0.15, 0.2) is 5.65 Å². The number of aromatic nitrogens is 5. The van der Waals surface area contributed by atoms with E-state index in [0.717, 1.165) is 47.3 Å². The molecule has 5 heterocycles. The van der Waals surface area contributed by atoms with Crippen molar-refractivity contribution in [3.05, 3.63) is 52.4 Å². The Morgan fingerprint density at radius 1 is 1.23 bits per heavy atom. The van der Waals surface area contributed by atoms with Crippen LogP contribution in [0.2, 0.25) is 5.02 Å². The van der Waals surface area contributed by atoms with Gasteiger partial charge in [0.05, 0.1) is 59.1 Å². The zero-order valence-corrected chi connectivity index (χ0v) is 28.0. The van der Waals surface area contributed by atoms with E-state index in [4.69, 9.17) is 26.1 Å². The Bertz CT molecular complexity index is 1720. The third-order valence-electron chi connectivity index (χ3n) is 8.62. The summed E-state index contributed by atoms with van der Waals surface area (Å²) in [4.78, 5) is 31.0. The van der Waals surface area contributed by atoms with Gasteiger partial charge in [-0.25, -0.2) is 15.0 Å². The van der Waals surface area contributed by atoms with Gasteiger partial charge in [0.25, 0.3) is 5.56 Å². The van der Waals surface area contributed by atoms with E-state index in [1.165, 1.54) is 22.7 Å². The summed E-state index contributed by atoms with van der Waals surface area (Å²) in [6.45, 7) is 11.1. The molecule has 14 heteroatoms. The molecule has 0 radical (unpaired) electrons. The molecule has 2 saturated heterocycles. The van der Waals surface area contributed by atoms with Gasteiger partial charge in [-0.15, -0.1) is 4.72 Å². The van der Waals surface area contributed by atoms with E-state index < -0.39 is 11.4 Å². The monoisotopic (exact) mass is 659 g/mol. The highest BCUT2D eigenvalue weighted by atomic mass is 35.5. The number of nitrogens with zero attached hydrogens (tertiary/aromatic N) is 6. The molecule has 1 aromatic carbocycles. The second-order valence-corrected chi connectivity index (χ2v) is 16.0. The maximum Gasteiger partial charge on any atom is 0.262 e. The zero-order valence-electron chi connectivity index (χ0n) is 25.6. The zero-order chi connectivity index (χ0) is 31.2. The number of anilines is 1. The molecule has 2 aliphatic heterocycles. The molecular formula is C30H38ClN7O4S2. The van der Waals surface area contributed by atoms with Crippen LogP contribution in [0.5, 0.6) is 0 Å². The minimum Gasteiger partial charge on any atom is -0.598 e. The molecular weight excluding hydrogens is 622 g/mol. The standard InChI is InChI=1S/C30H38ClN7O4S2/c1-19-25(35-44(40)29(2,3)4)30(17-42-19)8-11-36(12-9-30)28-33-16-22(26-32-10-13-38(26)28)43-21-7-6-20-23(24(21)31)27(39)37(18-34-20)14-15-41-5/h6-7,10,13,16,18-19,25,35H,8-9,11-12,14-15,17H2,1-5H3/t19-,25+,44?/m0/s1. The van der Waals surface area contributed by atoms with Crippen molar-refractivity contribution in [2.24, 2.45) is 5.41 Å². The second kappa shape index (κ2) is 12.4. The first-order valence-corrected chi connectivity index (χ1v) is 17.1. The molecule has 1 N–H and O–H groups in total. The Morgan fingerprint density at radius 3 is 2.73 bits per heavy atom. The summed E-state index contributed by atoms with van der Waals surface area (Å²) in [6, 6.07) is 3.71. The van der Waals surface area contributed by atoms with E-state index in [9.17, 15) is 9.35 Å². The molecule has 0 aliphatic carbocycles. The molecule has 236 valence electrons. The summed E-state index contributed by atoms with van der Waals surface area (Å²) in [5, 5.41) is 0.737. The Hall–Kier alpha value is -2.39. The van der Waals surface area contributed by atoms with E-state index in [1.54, 1.807) is 13.3 Å². The van der Waals surface area contributed by atoms with Gasteiger partial charge in [-0.2, -0.15) is 0 Å². The van der Waals surface area contributed by atoms with Crippen LogP contribution in [0.1, 0.15) is 40.5 Å². The third kappa shape index (κ3) is 5.83. The quantitative estimate of drug-likeness (QED) is 0.274. The summed E-state index contributed by atoms with van der Waals surface area (Å²) in [5.41, 5.74) is 1.03. The van der Waals surface area contributed by atoms with Crippen molar-refractivity contribution in [1.82, 2.24) is 28.6 Å². The second-order valence-electron chi connectivity index (χ2n) is 12.5. The van der Waals surface area contributed by atoms with Crippen LogP contribution in [0, 0.1) is 5.41 Å². The van der Waals surface area contributed by atoms with Crippen LogP contribution in [-0.4, -0.2) is 78.8 Å². The summed E-state index contributed by atoms with van der Waals surface area (Å²) in [5.74, 6) is 0.821. The molecule has 6 rings (SSSR count). The smallest absolute Gasteiger partial charge is 0.262 e. The maximum absolute atomic E-state index is 13.2. The lowest BCUT2D eigenvalue weighted by Gasteiger charge is -2.43. The van der Waals surface area contributed by atoms with Crippen molar-refractivity contribution in [2.45, 2.75) is 73.8 Å². The molecule has 1 unspecified atom stereocenters. The average Bonchev–Trinajstić information content (AvgIpc) is 3.60. The number of piperidine rings is 1. The number of hydrogen-bond donors (Lipinski definition) is 1. The minimum absolute atomic E-state index is 0.00594. The van der Waals surface area contributed by atoms with Crippen molar-refractivity contribution in [3.8, 4) is 0 Å². The first kappa shape index (κ1) is 31.6. The van der Waals surface area contributed by atoms with Crippen LogP contribution in [-0.2, 0) is 27.4 Å². The molecule has 3 aromatic heterocycles. The number of ether oxygens (including phenoxy) is 2. The molecule has 11 nitrogen and oxygen atoms in total. The molecule has 44 heavy (non-hydrogen) atoms. The Balaban J connectivity index is 1.23. The van der Waals surface area contributed by atoms with Crippen molar-refractivity contribution in [1.29, 1.82) is 0 Å². The van der Waals surface area contributed by atoms with Gasteiger partial charge in [-0.3, -0.25) is 13.8 Å². The number of imidazole rings is 1. The summed E-state index contributed by atoms with van der Waals surface area (Å²) in [7, 11) is 1.59. The lowest BCUT2D eigenvalue weighted by molar-refractivity contribution is 0.0972. The SMILES string of the molecule is COCCn1cnc2ccc(Sc3cnc(N4CCC5(CC4)CO[C@@H](C)[C@H]5N[S+]([O-])C(C)(C)C)n4ccnc34)c(Cl)c2c1=O. The molecule has 0 bridgehead atoms. The van der Waals surface area contributed by atoms with Crippen LogP contribution in [0.25, 0.3) is 16.6 Å². The fourth-order valence-corrected chi connectivity index (χ4v) is 8.32. The Morgan fingerprint density at radius 2 is 2.00 bits per heavy atom. The average molecular weight is 660 g/mol. The van der Waals surface area contributed by atoms with Gasteiger partial charge in [0.2, 0.25) is 5.95 Å². The van der Waals surface area contributed by atoms with E-state index in [-0.39, 0.29) is 27.9 Å². The normalized spacial score (nSPS) is 21.1. The fraction of sp³-hybridized carbons (Fsp3) is 0.533. The van der Waals surface area contributed by atoms with Crippen molar-refractivity contribution >= 4 is 57.2 Å². The van der Waals surface area contributed by atoms with Gasteiger partial charge in [-0.05, 0) is 52.7 Å². The summed E-state index contributed by atoms with van der Waals surface area (Å²) < 4.78 is 30.8. The topological polar surface area (TPSA) is 122 Å². The van der Waals surface area contributed by atoms with Crippen LogP contribution in [0.3, 0.4) is 0 Å². The fourth-order valence-electron chi connectivity index (χ4n) is 6.02. The molecule has 0 amide bonds. The number of methoxy groups -OCH3 is 1. The van der Waals surface area contributed by atoms with Crippen molar-refractivity contribution < 1.29 is 14.0 Å². The molecule has 0 saturated carbocycles. The van der Waals surface area contributed by atoms with Crippen molar-refractivity contribution in [2.75, 3.05) is 38.3 Å². The van der Waals surface area contributed by atoms with Crippen LogP contribution in [0.4, 0.5) is 5.95 Å². The highest BCUT2D eigenvalue weighted by Gasteiger charge is 2.52. The first-order chi connectivity index (χ1) is 21.0. The van der Waals surface area contributed by atoms with Gasteiger partial charge in [0.1, 0.15) is 4.75 Å². The number of hydrogen-bond acceptors (Lipinski definition) is 10. The highest BCUT2D eigenvalue weighted by Crippen LogP contribution is 2.44. The maximum atomic E-state index is 13.2. The Labute approximate surface area is 269 Å². The minimum atomic E-state index is -1.17. The van der Waals surface area contributed by atoms with Crippen molar-refractivity contribution in [3.63, 3.8) is 0 Å². The number of fused-ring (bicyclic) bond motifs is 2. The predicted molar refractivity (Wildman–Crippen MR) is 174 cm³/mol. The van der Waals surface area contributed by atoms with Crippen LogP contribution < -0.4 is 15.2 Å². The van der Waals surface area contributed by atoms with Gasteiger partial charge in [0, 0.05) is 60.5 Å². The van der Waals surface area contributed by atoms with Gasteiger partial charge < -0.3 is 18.9 Å². The largest absolute Gasteiger partial charge is 0.598 e. The third-order valence-corrected chi connectivity index (χ3v) is 11.8. The summed E-state index contributed by atoms with van der Waals surface area (Å²) >= 11 is 7.07. The Kier molecular flexibility index (Phi) is 8.92. The lowest BCUT2D eigenvalue weighted by atomic mass is 9.73. The van der Waals surface area contributed by atoms with Gasteiger partial charge in [-0.1, -0.05) is 23.4 Å². The molecule has 2 fully saturated rings. The number of rotatable bonds is 8. The number of benzene rings is 1. The van der Waals surface area contributed by atoms with Crippen LogP contribution in [0.15, 0.2) is 51.6 Å². The number of nitrogens with one attached hydrogen (secondary N) is 1. The molecule has 4 aromatic rings. The predicted octanol–water partition coefficient (Wildman–Crippen LogP) is 4.32. The van der Waals surface area contributed by atoms with E-state index >= 15 is 0 Å². The van der Waals surface area contributed by atoms with Gasteiger partial charge >= 0.3 is 0 Å². The van der Waals surface area contributed by atoms with Crippen LogP contribution >= 0.6 is 23.4 Å². The highest BCUT2D eigenvalue weighted by molar-refractivity contribution is 7.99. The van der Waals surface area contributed by atoms with E-state index in [0.29, 0.717) is 35.7 Å². The molecule has 2 aliphatic rings.